The maximum atomic E-state index is 13.7. The maximum Gasteiger partial charge on any atom is 0.278 e. The first kappa shape index (κ1) is 23.6. The van der Waals surface area contributed by atoms with Crippen molar-refractivity contribution in [2.75, 3.05) is 11.1 Å². The monoisotopic (exact) mass is 537 g/mol. The second kappa shape index (κ2) is 10.2. The van der Waals surface area contributed by atoms with Gasteiger partial charge in [-0.2, -0.15) is 0 Å². The number of hydrogen-bond acceptors (Lipinski definition) is 8. The summed E-state index contributed by atoms with van der Waals surface area (Å²) in [6.07, 6.45) is 2.56. The van der Waals surface area contributed by atoms with Gasteiger partial charge in [0.05, 0.1) is 11.4 Å². The fourth-order valence-electron chi connectivity index (χ4n) is 3.52. The zero-order chi connectivity index (χ0) is 24.4. The lowest BCUT2D eigenvalue weighted by atomic mass is 10.1. The third kappa shape index (κ3) is 4.85. The number of nitrogens with one attached hydrogen (secondary N) is 1. The van der Waals surface area contributed by atoms with Crippen LogP contribution in [0.25, 0.3) is 21.7 Å². The number of aromatic nitrogens is 4. The summed E-state index contributed by atoms with van der Waals surface area (Å²) in [5.41, 5.74) is 3.00. The van der Waals surface area contributed by atoms with E-state index >= 15 is 0 Å². The molecule has 3 aromatic heterocycles. The van der Waals surface area contributed by atoms with Crippen molar-refractivity contribution in [3.05, 3.63) is 86.0 Å². The molecule has 1 N–H and O–H groups in total. The van der Waals surface area contributed by atoms with Crippen molar-refractivity contribution in [2.45, 2.75) is 18.5 Å². The van der Waals surface area contributed by atoms with Crippen LogP contribution in [0.15, 0.2) is 76.1 Å². The zero-order valence-corrected chi connectivity index (χ0v) is 21.8. The second-order valence-electron chi connectivity index (χ2n) is 7.42. The number of carbonyl (C=O) groups is 1. The van der Waals surface area contributed by atoms with Gasteiger partial charge in [0.2, 0.25) is 5.91 Å². The van der Waals surface area contributed by atoms with Crippen molar-refractivity contribution in [3.8, 4) is 11.4 Å². The standard InChI is InChI=1S/C24H19N5O2S4/c1-2-15-8-10-17(11-9-15)28-20-19(35-24(28)32)21(31)29(16-6-4-3-5-7-16)23(27-20)34-14-18(30)26-22-25-12-13-33-22/h3-13H,2,14H2,1H3,(H,25,26,30). The Hall–Kier alpha value is -3.12. The lowest BCUT2D eigenvalue weighted by Gasteiger charge is -2.13. The van der Waals surface area contributed by atoms with Gasteiger partial charge in [-0.15, -0.1) is 11.3 Å². The molecule has 176 valence electrons. The molecule has 35 heavy (non-hydrogen) atoms. The van der Waals surface area contributed by atoms with Gasteiger partial charge < -0.3 is 5.32 Å². The highest BCUT2D eigenvalue weighted by Crippen LogP contribution is 2.28. The number of thioether (sulfide) groups is 1. The van der Waals surface area contributed by atoms with Crippen LogP contribution in [0.1, 0.15) is 12.5 Å². The number of benzene rings is 2. The van der Waals surface area contributed by atoms with Crippen molar-refractivity contribution >= 4 is 68.0 Å². The van der Waals surface area contributed by atoms with Gasteiger partial charge in [-0.25, -0.2) is 9.97 Å². The zero-order valence-electron chi connectivity index (χ0n) is 18.5. The fourth-order valence-corrected chi connectivity index (χ4v) is 6.17. The first-order valence-corrected chi connectivity index (χ1v) is 13.8. The van der Waals surface area contributed by atoms with Crippen LogP contribution in [-0.4, -0.2) is 30.8 Å². The Kier molecular flexibility index (Phi) is 6.91. The van der Waals surface area contributed by atoms with E-state index in [2.05, 4.69) is 17.2 Å². The normalized spacial score (nSPS) is 11.1. The molecule has 0 fully saturated rings. The van der Waals surface area contributed by atoms with Gasteiger partial charge in [-0.05, 0) is 48.5 Å². The van der Waals surface area contributed by atoms with Crippen LogP contribution in [0.4, 0.5) is 5.13 Å². The lowest BCUT2D eigenvalue weighted by molar-refractivity contribution is -0.113. The summed E-state index contributed by atoms with van der Waals surface area (Å²) in [6, 6.07) is 17.3. The Labute approximate surface area is 218 Å². The number of carbonyl (C=O) groups excluding carboxylic acids is 1. The fraction of sp³-hybridized carbons (Fsp3) is 0.125. The lowest BCUT2D eigenvalue weighted by Crippen LogP contribution is -2.22. The van der Waals surface area contributed by atoms with Gasteiger partial charge in [0.25, 0.3) is 5.56 Å². The van der Waals surface area contributed by atoms with E-state index < -0.39 is 0 Å². The number of aryl methyl sites for hydroxylation is 1. The molecule has 7 nitrogen and oxygen atoms in total. The van der Waals surface area contributed by atoms with Gasteiger partial charge in [0, 0.05) is 17.3 Å². The molecule has 0 aliphatic rings. The van der Waals surface area contributed by atoms with Gasteiger partial charge in [0.15, 0.2) is 19.9 Å². The minimum absolute atomic E-state index is 0.0699. The molecule has 0 aliphatic carbocycles. The summed E-state index contributed by atoms with van der Waals surface area (Å²) in [5, 5.41) is 5.50. The second-order valence-corrected chi connectivity index (χ2v) is 10.9. The number of nitrogens with zero attached hydrogens (tertiary/aromatic N) is 4. The van der Waals surface area contributed by atoms with E-state index in [4.69, 9.17) is 17.2 Å². The predicted octanol–water partition coefficient (Wildman–Crippen LogP) is 5.72. The molecule has 3 heterocycles. The number of thiazole rings is 2. The SMILES string of the molecule is CCc1ccc(-n2c(=S)sc3c(=O)n(-c4ccccc4)c(SCC(=O)Nc4nccs4)nc32)cc1. The molecule has 1 amide bonds. The number of rotatable bonds is 7. The molecule has 0 bridgehead atoms. The van der Waals surface area contributed by atoms with Crippen molar-refractivity contribution in [1.29, 1.82) is 0 Å². The largest absolute Gasteiger partial charge is 0.301 e. The van der Waals surface area contributed by atoms with Crippen LogP contribution in [0.3, 0.4) is 0 Å². The molecular weight excluding hydrogens is 519 g/mol. The van der Waals surface area contributed by atoms with Gasteiger partial charge in [0.1, 0.15) is 4.70 Å². The molecule has 0 radical (unpaired) electrons. The number of para-hydroxylation sites is 1. The molecular formula is C24H19N5O2S4. The first-order chi connectivity index (χ1) is 17.0. The summed E-state index contributed by atoms with van der Waals surface area (Å²) < 4.78 is 4.37. The Morgan fingerprint density at radius 2 is 1.83 bits per heavy atom. The summed E-state index contributed by atoms with van der Waals surface area (Å²) in [6.45, 7) is 2.10. The number of anilines is 1. The van der Waals surface area contributed by atoms with Crippen LogP contribution in [-0.2, 0) is 11.2 Å². The third-order valence-electron chi connectivity index (χ3n) is 5.21. The van der Waals surface area contributed by atoms with Crippen molar-refractivity contribution in [2.24, 2.45) is 0 Å². The summed E-state index contributed by atoms with van der Waals surface area (Å²) in [5.74, 6) is -0.156. The quantitative estimate of drug-likeness (QED) is 0.163. The minimum atomic E-state index is -0.226. The average Bonchev–Trinajstić information content (AvgIpc) is 3.50. The Bertz CT molecular complexity index is 1600. The van der Waals surface area contributed by atoms with Crippen LogP contribution in [0.5, 0.6) is 0 Å². The first-order valence-electron chi connectivity index (χ1n) is 10.7. The molecule has 0 atom stereocenters. The van der Waals surface area contributed by atoms with Crippen LogP contribution < -0.4 is 10.9 Å². The Morgan fingerprint density at radius 1 is 1.09 bits per heavy atom. The predicted molar refractivity (Wildman–Crippen MR) is 146 cm³/mol. The highest BCUT2D eigenvalue weighted by molar-refractivity contribution is 7.99. The van der Waals surface area contributed by atoms with Crippen molar-refractivity contribution in [3.63, 3.8) is 0 Å². The van der Waals surface area contributed by atoms with E-state index in [9.17, 15) is 9.59 Å². The van der Waals surface area contributed by atoms with Gasteiger partial charge in [-0.3, -0.25) is 18.7 Å². The van der Waals surface area contributed by atoms with E-state index in [1.54, 1.807) is 16.1 Å². The molecule has 0 unspecified atom stereocenters. The number of amides is 1. The molecule has 0 saturated heterocycles. The summed E-state index contributed by atoms with van der Waals surface area (Å²) in [4.78, 5) is 35.2. The van der Waals surface area contributed by atoms with Crippen LogP contribution >= 0.6 is 46.7 Å². The van der Waals surface area contributed by atoms with E-state index in [1.807, 2.05) is 59.2 Å². The highest BCUT2D eigenvalue weighted by atomic mass is 32.2. The molecule has 0 saturated carbocycles. The third-order valence-corrected chi connectivity index (χ3v) is 8.18. The molecule has 0 aliphatic heterocycles. The summed E-state index contributed by atoms with van der Waals surface area (Å²) in [7, 11) is 0. The summed E-state index contributed by atoms with van der Waals surface area (Å²) >= 11 is 9.43. The highest BCUT2D eigenvalue weighted by Gasteiger charge is 2.20. The molecule has 2 aromatic carbocycles. The topological polar surface area (TPSA) is 81.8 Å². The van der Waals surface area contributed by atoms with E-state index in [-0.39, 0.29) is 17.2 Å². The molecule has 0 spiro atoms. The van der Waals surface area contributed by atoms with Crippen LogP contribution in [0, 0.1) is 3.95 Å². The molecule has 5 rings (SSSR count). The minimum Gasteiger partial charge on any atom is -0.301 e. The number of fused-ring (bicyclic) bond motifs is 1. The van der Waals surface area contributed by atoms with E-state index in [1.165, 1.54) is 40.0 Å². The number of hydrogen-bond donors (Lipinski definition) is 1. The Balaban J connectivity index is 1.61. The van der Waals surface area contributed by atoms with Crippen LogP contribution in [0.2, 0.25) is 0 Å². The maximum absolute atomic E-state index is 13.7. The average molecular weight is 538 g/mol. The Morgan fingerprint density at radius 3 is 2.51 bits per heavy atom. The molecule has 11 heteroatoms. The van der Waals surface area contributed by atoms with E-state index in [0.717, 1.165) is 12.1 Å². The van der Waals surface area contributed by atoms with Crippen molar-refractivity contribution < 1.29 is 4.79 Å². The molecule has 5 aromatic rings. The van der Waals surface area contributed by atoms with Gasteiger partial charge in [-0.1, -0.05) is 60.4 Å². The van der Waals surface area contributed by atoms with Gasteiger partial charge >= 0.3 is 0 Å². The smallest absolute Gasteiger partial charge is 0.278 e. The van der Waals surface area contributed by atoms with Crippen molar-refractivity contribution in [1.82, 2.24) is 19.1 Å². The van der Waals surface area contributed by atoms with E-state index in [0.29, 0.717) is 30.3 Å².